The highest BCUT2D eigenvalue weighted by molar-refractivity contribution is 9.10. The maximum atomic E-state index is 11.8. The Morgan fingerprint density at radius 1 is 1.16 bits per heavy atom. The monoisotopic (exact) mass is 409 g/mol. The van der Waals surface area contributed by atoms with Gasteiger partial charge in [-0.15, -0.1) is 6.58 Å². The van der Waals surface area contributed by atoms with Gasteiger partial charge in [0.1, 0.15) is 13.2 Å². The van der Waals surface area contributed by atoms with Gasteiger partial charge in [-0.2, -0.15) is 0 Å². The van der Waals surface area contributed by atoms with E-state index >= 15 is 0 Å². The summed E-state index contributed by atoms with van der Waals surface area (Å²) >= 11 is 3.64. The number of halogens is 1. The molecule has 7 heteroatoms. The van der Waals surface area contributed by atoms with Crippen LogP contribution in [-0.2, 0) is 11.3 Å². The minimum absolute atomic E-state index is 0.0583. The van der Waals surface area contributed by atoms with E-state index in [1.807, 2.05) is 6.07 Å². The van der Waals surface area contributed by atoms with E-state index in [1.165, 1.54) is 5.56 Å². The van der Waals surface area contributed by atoms with E-state index in [0.717, 1.165) is 48.7 Å². The van der Waals surface area contributed by atoms with Crippen LogP contribution >= 0.6 is 15.9 Å². The predicted octanol–water partition coefficient (Wildman–Crippen LogP) is 1.64. The summed E-state index contributed by atoms with van der Waals surface area (Å²) in [5, 5.41) is 2.82. The fraction of sp³-hybridized carbons (Fsp3) is 0.500. The van der Waals surface area contributed by atoms with Crippen molar-refractivity contribution in [3.05, 3.63) is 34.8 Å². The van der Waals surface area contributed by atoms with Gasteiger partial charge in [0.25, 0.3) is 0 Å². The molecular formula is C18H24BrN3O3. The average Bonchev–Trinajstić information content (AvgIpc) is 2.62. The molecule has 1 N–H and O–H groups in total. The topological polar surface area (TPSA) is 54.0 Å². The summed E-state index contributed by atoms with van der Waals surface area (Å²) in [5.41, 5.74) is 1.20. The number of piperazine rings is 1. The SMILES string of the molecule is C=CCNC(=O)CN1CCN(Cc2cc3c(cc2Br)OCCO3)CC1. The molecule has 1 amide bonds. The maximum Gasteiger partial charge on any atom is 0.234 e. The highest BCUT2D eigenvalue weighted by Crippen LogP contribution is 2.36. The number of carbonyl (C=O) groups excluding carboxylic acids is 1. The zero-order valence-electron chi connectivity index (χ0n) is 14.3. The number of fused-ring (bicyclic) bond motifs is 1. The zero-order chi connectivity index (χ0) is 17.6. The lowest BCUT2D eigenvalue weighted by Crippen LogP contribution is -2.49. The number of hydrogen-bond donors (Lipinski definition) is 1. The molecule has 1 aromatic carbocycles. The first-order valence-electron chi connectivity index (χ1n) is 8.56. The van der Waals surface area contributed by atoms with Crippen LogP contribution in [0.1, 0.15) is 5.56 Å². The Morgan fingerprint density at radius 2 is 1.80 bits per heavy atom. The van der Waals surface area contributed by atoms with Crippen LogP contribution in [-0.4, -0.2) is 68.2 Å². The van der Waals surface area contributed by atoms with Gasteiger partial charge < -0.3 is 14.8 Å². The van der Waals surface area contributed by atoms with Gasteiger partial charge in [-0.05, 0) is 17.7 Å². The van der Waals surface area contributed by atoms with E-state index in [0.29, 0.717) is 26.3 Å². The average molecular weight is 410 g/mol. The van der Waals surface area contributed by atoms with Crippen molar-refractivity contribution >= 4 is 21.8 Å². The van der Waals surface area contributed by atoms with Crippen LogP contribution in [0.5, 0.6) is 11.5 Å². The number of carbonyl (C=O) groups is 1. The van der Waals surface area contributed by atoms with Gasteiger partial charge in [0.2, 0.25) is 5.91 Å². The lowest BCUT2D eigenvalue weighted by Gasteiger charge is -2.34. The van der Waals surface area contributed by atoms with Crippen molar-refractivity contribution in [3.8, 4) is 11.5 Å². The summed E-state index contributed by atoms with van der Waals surface area (Å²) in [5.74, 6) is 1.68. The number of ether oxygens (including phenoxy) is 2. The Morgan fingerprint density at radius 3 is 2.48 bits per heavy atom. The van der Waals surface area contributed by atoms with Crippen LogP contribution in [0.3, 0.4) is 0 Å². The van der Waals surface area contributed by atoms with Crippen LogP contribution in [0.25, 0.3) is 0 Å². The van der Waals surface area contributed by atoms with Crippen LogP contribution in [0.15, 0.2) is 29.3 Å². The molecule has 1 fully saturated rings. The molecule has 0 spiro atoms. The smallest absolute Gasteiger partial charge is 0.234 e. The maximum absolute atomic E-state index is 11.8. The molecule has 2 aliphatic rings. The molecule has 0 bridgehead atoms. The fourth-order valence-electron chi connectivity index (χ4n) is 3.02. The Balaban J connectivity index is 1.51. The van der Waals surface area contributed by atoms with Crippen LogP contribution in [0.4, 0.5) is 0 Å². The molecule has 0 atom stereocenters. The third-order valence-corrected chi connectivity index (χ3v) is 5.12. The Labute approximate surface area is 156 Å². The van der Waals surface area contributed by atoms with Gasteiger partial charge >= 0.3 is 0 Å². The minimum atomic E-state index is 0.0583. The lowest BCUT2D eigenvalue weighted by molar-refractivity contribution is -0.122. The van der Waals surface area contributed by atoms with Crippen LogP contribution in [0.2, 0.25) is 0 Å². The van der Waals surface area contributed by atoms with Crippen molar-refractivity contribution in [1.82, 2.24) is 15.1 Å². The molecule has 2 aliphatic heterocycles. The molecule has 3 rings (SSSR count). The van der Waals surface area contributed by atoms with Gasteiger partial charge in [-0.1, -0.05) is 22.0 Å². The van der Waals surface area contributed by atoms with Gasteiger partial charge in [-0.3, -0.25) is 14.6 Å². The highest BCUT2D eigenvalue weighted by Gasteiger charge is 2.21. The minimum Gasteiger partial charge on any atom is -0.486 e. The third kappa shape index (κ3) is 4.96. The molecule has 0 aromatic heterocycles. The molecule has 0 saturated carbocycles. The molecule has 25 heavy (non-hydrogen) atoms. The third-order valence-electron chi connectivity index (χ3n) is 4.38. The number of nitrogens with one attached hydrogen (secondary N) is 1. The van der Waals surface area contributed by atoms with E-state index in [-0.39, 0.29) is 5.91 Å². The molecule has 6 nitrogen and oxygen atoms in total. The highest BCUT2D eigenvalue weighted by atomic mass is 79.9. The van der Waals surface area contributed by atoms with Crippen LogP contribution in [0, 0.1) is 0 Å². The number of benzene rings is 1. The van der Waals surface area contributed by atoms with Crippen LogP contribution < -0.4 is 14.8 Å². The number of nitrogens with zero attached hydrogens (tertiary/aromatic N) is 2. The van der Waals surface area contributed by atoms with E-state index in [2.05, 4.69) is 43.7 Å². The van der Waals surface area contributed by atoms with Gasteiger partial charge in [0.15, 0.2) is 11.5 Å². The fourth-order valence-corrected chi connectivity index (χ4v) is 3.47. The Kier molecular flexibility index (Phi) is 6.34. The summed E-state index contributed by atoms with van der Waals surface area (Å²) in [6.07, 6.45) is 1.70. The van der Waals surface area contributed by atoms with Crippen molar-refractivity contribution in [2.75, 3.05) is 52.5 Å². The van der Waals surface area contributed by atoms with Crippen molar-refractivity contribution in [2.45, 2.75) is 6.54 Å². The molecular weight excluding hydrogens is 386 g/mol. The van der Waals surface area contributed by atoms with E-state index in [1.54, 1.807) is 6.08 Å². The lowest BCUT2D eigenvalue weighted by atomic mass is 10.1. The second-order valence-electron chi connectivity index (χ2n) is 6.23. The second kappa shape index (κ2) is 8.69. The van der Waals surface area contributed by atoms with Crippen molar-refractivity contribution in [3.63, 3.8) is 0 Å². The molecule has 1 saturated heterocycles. The summed E-state index contributed by atoms with van der Waals surface area (Å²) in [6, 6.07) is 4.05. The largest absolute Gasteiger partial charge is 0.486 e. The number of hydrogen-bond acceptors (Lipinski definition) is 5. The first-order chi connectivity index (χ1) is 12.2. The summed E-state index contributed by atoms with van der Waals surface area (Å²) in [6.45, 7) is 10.3. The molecule has 0 aliphatic carbocycles. The summed E-state index contributed by atoms with van der Waals surface area (Å²) < 4.78 is 12.3. The standard InChI is InChI=1S/C18H24BrN3O3/c1-2-3-20-18(23)13-22-6-4-21(5-7-22)12-14-10-16-17(11-15(14)19)25-9-8-24-16/h2,10-11H,1,3-9,12-13H2,(H,20,23). The first-order valence-corrected chi connectivity index (χ1v) is 9.35. The van der Waals surface area contributed by atoms with Gasteiger partial charge in [0, 0.05) is 43.7 Å². The van der Waals surface area contributed by atoms with Gasteiger partial charge in [-0.25, -0.2) is 0 Å². The van der Waals surface area contributed by atoms with Crippen molar-refractivity contribution in [2.24, 2.45) is 0 Å². The molecule has 0 radical (unpaired) electrons. The van der Waals surface area contributed by atoms with Crippen molar-refractivity contribution in [1.29, 1.82) is 0 Å². The van der Waals surface area contributed by atoms with E-state index < -0.39 is 0 Å². The van der Waals surface area contributed by atoms with E-state index in [4.69, 9.17) is 9.47 Å². The summed E-state index contributed by atoms with van der Waals surface area (Å²) in [4.78, 5) is 16.4. The molecule has 2 heterocycles. The number of amides is 1. The quantitative estimate of drug-likeness (QED) is 0.723. The summed E-state index contributed by atoms with van der Waals surface area (Å²) in [7, 11) is 0. The molecule has 0 unspecified atom stereocenters. The van der Waals surface area contributed by atoms with Crippen molar-refractivity contribution < 1.29 is 14.3 Å². The second-order valence-corrected chi connectivity index (χ2v) is 7.09. The molecule has 1 aromatic rings. The van der Waals surface area contributed by atoms with Gasteiger partial charge in [0.05, 0.1) is 6.54 Å². The predicted molar refractivity (Wildman–Crippen MR) is 100 cm³/mol. The molecule has 136 valence electrons. The normalized spacial score (nSPS) is 18.0. The number of rotatable bonds is 6. The van der Waals surface area contributed by atoms with E-state index in [9.17, 15) is 4.79 Å². The Hall–Kier alpha value is -1.57. The first kappa shape index (κ1) is 18.2. The Bertz CT molecular complexity index is 630. The zero-order valence-corrected chi connectivity index (χ0v) is 15.9.